The van der Waals surface area contributed by atoms with Gasteiger partial charge >= 0.3 is 0 Å². The highest BCUT2D eigenvalue weighted by atomic mass is 14.6. The Morgan fingerprint density at radius 3 is 1.38 bits per heavy atom. The van der Waals surface area contributed by atoms with Crippen LogP contribution in [0.25, 0.3) is 0 Å². The van der Waals surface area contributed by atoms with Crippen molar-refractivity contribution in [3.8, 4) is 0 Å². The summed E-state index contributed by atoms with van der Waals surface area (Å²) in [6.45, 7) is 0. The molecule has 8 heavy (non-hydrogen) atoms. The molecule has 0 amide bonds. The van der Waals surface area contributed by atoms with Crippen molar-refractivity contribution in [2.24, 2.45) is 0 Å². The van der Waals surface area contributed by atoms with Gasteiger partial charge in [0.1, 0.15) is 0 Å². The van der Waals surface area contributed by atoms with Gasteiger partial charge in [0.15, 0.2) is 0 Å². The minimum atomic E-state index is 0. The largest absolute Gasteiger partial charge is 0.399 e. The zero-order valence-corrected chi connectivity index (χ0v) is 4.46. The molecule has 0 saturated carbocycles. The van der Waals surface area contributed by atoms with Gasteiger partial charge < -0.3 is 11.5 Å². The van der Waals surface area contributed by atoms with Crippen molar-refractivity contribution in [1.82, 2.24) is 0 Å². The molecule has 1 rings (SSSR count). The first-order chi connectivity index (χ1) is 3.79. The second kappa shape index (κ2) is 1.74. The summed E-state index contributed by atoms with van der Waals surface area (Å²) >= 11 is 0. The number of hydrogen-bond donors (Lipinski definition) is 2. The van der Waals surface area contributed by atoms with Crippen LogP contribution in [0.3, 0.4) is 0 Å². The van der Waals surface area contributed by atoms with Gasteiger partial charge in [0, 0.05) is 12.8 Å². The van der Waals surface area contributed by atoms with Gasteiger partial charge in [-0.2, -0.15) is 0 Å². The highest BCUT2D eigenvalue weighted by Crippen LogP contribution is 2.04. The first-order valence-electron chi connectivity index (χ1n) is 2.40. The van der Waals surface area contributed by atoms with Crippen molar-refractivity contribution in [3.63, 3.8) is 0 Å². The predicted molar refractivity (Wildman–Crippen MR) is 37.4 cm³/mol. The number of nitrogens with two attached hydrogens (primary N) is 2. The van der Waals surface area contributed by atoms with Crippen molar-refractivity contribution in [1.29, 1.82) is 0 Å². The average Bonchev–Trinajstić information content (AvgIpc) is 1.77. The molecule has 0 radical (unpaired) electrons. The van der Waals surface area contributed by atoms with Crippen LogP contribution >= 0.6 is 0 Å². The van der Waals surface area contributed by atoms with E-state index in [0.29, 0.717) is 0 Å². The minimum Gasteiger partial charge on any atom is -0.399 e. The molecule has 0 aliphatic heterocycles. The molecule has 4 N–H and O–H groups in total. The highest BCUT2D eigenvalue weighted by Gasteiger charge is 1.80. The molecule has 0 heterocycles. The Balaban J connectivity index is 0.000000640. The lowest BCUT2D eigenvalue weighted by atomic mass is 10.3. The van der Waals surface area contributed by atoms with Crippen LogP contribution in [0.1, 0.15) is 1.43 Å². The normalized spacial score (nSPS) is 9.00. The Kier molecular flexibility index (Phi) is 1.08. The zero-order valence-electron chi connectivity index (χ0n) is 4.46. The number of nitrogen functional groups attached to an aromatic ring is 2. The summed E-state index contributed by atoms with van der Waals surface area (Å²) in [6.07, 6.45) is 0. The third kappa shape index (κ3) is 0.904. The summed E-state index contributed by atoms with van der Waals surface area (Å²) in [7, 11) is 0. The van der Waals surface area contributed by atoms with Crippen molar-refractivity contribution >= 4 is 11.4 Å². The van der Waals surface area contributed by atoms with Gasteiger partial charge in [-0.25, -0.2) is 0 Å². The standard InChI is InChI=1S/C6H8N2.H2/c7-5-1-2-6(8)4-3-5;/h1-4H,7-8H2;1H. The SMILES string of the molecule is Nc1ccc(N)cc1.[HH]. The molecule has 0 aliphatic rings. The quantitative estimate of drug-likeness (QED) is 0.491. The maximum atomic E-state index is 5.37. The number of anilines is 2. The van der Waals surface area contributed by atoms with E-state index in [2.05, 4.69) is 0 Å². The molecular formula is C6H10N2. The van der Waals surface area contributed by atoms with E-state index in [1.807, 2.05) is 0 Å². The third-order valence-electron chi connectivity index (χ3n) is 0.936. The molecular weight excluding hydrogens is 100 g/mol. The van der Waals surface area contributed by atoms with Crippen LogP contribution in [0.4, 0.5) is 11.4 Å². The molecule has 44 valence electrons. The smallest absolute Gasteiger partial charge is 0.0315 e. The molecule has 1 aromatic rings. The minimum absolute atomic E-state index is 0. The second-order valence-electron chi connectivity index (χ2n) is 1.67. The van der Waals surface area contributed by atoms with Crippen LogP contribution in [0, 0.1) is 0 Å². The molecule has 1 aromatic carbocycles. The lowest BCUT2D eigenvalue weighted by Crippen LogP contribution is -1.86. The van der Waals surface area contributed by atoms with Gasteiger partial charge in [0.2, 0.25) is 0 Å². The van der Waals surface area contributed by atoms with Crippen molar-refractivity contribution < 1.29 is 1.43 Å². The molecule has 0 spiro atoms. The summed E-state index contributed by atoms with van der Waals surface area (Å²) < 4.78 is 0. The van der Waals surface area contributed by atoms with Crippen molar-refractivity contribution in [2.75, 3.05) is 11.5 Å². The molecule has 2 heteroatoms. The fraction of sp³-hybridized carbons (Fsp3) is 0. The summed E-state index contributed by atoms with van der Waals surface area (Å²) in [6, 6.07) is 7.09. The van der Waals surface area contributed by atoms with E-state index >= 15 is 0 Å². The summed E-state index contributed by atoms with van der Waals surface area (Å²) in [5, 5.41) is 0. The van der Waals surface area contributed by atoms with E-state index in [1.54, 1.807) is 24.3 Å². The Hall–Kier alpha value is -1.18. The van der Waals surface area contributed by atoms with Crippen LogP contribution in [0.15, 0.2) is 24.3 Å². The van der Waals surface area contributed by atoms with E-state index in [4.69, 9.17) is 11.5 Å². The first-order valence-corrected chi connectivity index (χ1v) is 2.40. The summed E-state index contributed by atoms with van der Waals surface area (Å²) in [4.78, 5) is 0. The van der Waals surface area contributed by atoms with E-state index < -0.39 is 0 Å². The van der Waals surface area contributed by atoms with E-state index in [9.17, 15) is 0 Å². The Bertz CT molecular complexity index is 150. The van der Waals surface area contributed by atoms with Crippen LogP contribution in [-0.2, 0) is 0 Å². The number of rotatable bonds is 0. The Morgan fingerprint density at radius 2 is 1.12 bits per heavy atom. The zero-order chi connectivity index (χ0) is 5.98. The maximum Gasteiger partial charge on any atom is 0.0315 e. The second-order valence-corrected chi connectivity index (χ2v) is 1.67. The van der Waals surface area contributed by atoms with Crippen LogP contribution in [-0.4, -0.2) is 0 Å². The summed E-state index contributed by atoms with van der Waals surface area (Å²) in [5.41, 5.74) is 12.2. The molecule has 2 nitrogen and oxygen atoms in total. The van der Waals surface area contributed by atoms with Gasteiger partial charge in [-0.3, -0.25) is 0 Å². The van der Waals surface area contributed by atoms with E-state index in [-0.39, 0.29) is 1.43 Å². The van der Waals surface area contributed by atoms with Gasteiger partial charge in [-0.1, -0.05) is 0 Å². The van der Waals surface area contributed by atoms with Crippen LogP contribution < -0.4 is 11.5 Å². The van der Waals surface area contributed by atoms with Crippen LogP contribution in [0.2, 0.25) is 0 Å². The van der Waals surface area contributed by atoms with Crippen LogP contribution in [0.5, 0.6) is 0 Å². The van der Waals surface area contributed by atoms with Gasteiger partial charge in [0.05, 0.1) is 0 Å². The lowest BCUT2D eigenvalue weighted by Gasteiger charge is -1.90. The Labute approximate surface area is 49.6 Å². The maximum absolute atomic E-state index is 5.37. The molecule has 0 aliphatic carbocycles. The molecule has 0 atom stereocenters. The van der Waals surface area contributed by atoms with Gasteiger partial charge in [-0.05, 0) is 24.3 Å². The van der Waals surface area contributed by atoms with Crippen molar-refractivity contribution in [3.05, 3.63) is 24.3 Å². The number of hydrogen-bond acceptors (Lipinski definition) is 2. The monoisotopic (exact) mass is 110 g/mol. The van der Waals surface area contributed by atoms with E-state index in [0.717, 1.165) is 11.4 Å². The fourth-order valence-electron chi connectivity index (χ4n) is 0.496. The van der Waals surface area contributed by atoms with Gasteiger partial charge in [-0.15, -0.1) is 0 Å². The van der Waals surface area contributed by atoms with Gasteiger partial charge in [0.25, 0.3) is 0 Å². The highest BCUT2D eigenvalue weighted by molar-refractivity contribution is 5.47. The van der Waals surface area contributed by atoms with E-state index in [1.165, 1.54) is 0 Å². The molecule has 0 saturated heterocycles. The lowest BCUT2D eigenvalue weighted by molar-refractivity contribution is 1.67. The number of benzene rings is 1. The Morgan fingerprint density at radius 1 is 0.875 bits per heavy atom. The van der Waals surface area contributed by atoms with Crippen molar-refractivity contribution in [2.45, 2.75) is 0 Å². The topological polar surface area (TPSA) is 52.0 Å². The molecule has 0 fully saturated rings. The molecule has 0 unspecified atom stereocenters. The predicted octanol–water partition coefficient (Wildman–Crippen LogP) is 1.10. The third-order valence-corrected chi connectivity index (χ3v) is 0.936. The summed E-state index contributed by atoms with van der Waals surface area (Å²) in [5.74, 6) is 0. The molecule has 0 bridgehead atoms. The molecule has 0 aromatic heterocycles. The average molecular weight is 110 g/mol. The fourth-order valence-corrected chi connectivity index (χ4v) is 0.496. The first kappa shape index (κ1) is 4.97.